The molecule has 1 amide bonds. The first-order valence-corrected chi connectivity index (χ1v) is 10.5. The summed E-state index contributed by atoms with van der Waals surface area (Å²) in [6, 6.07) is 13.7. The van der Waals surface area contributed by atoms with E-state index in [2.05, 4.69) is 0 Å². The van der Waals surface area contributed by atoms with Gasteiger partial charge in [0.15, 0.2) is 5.60 Å². The van der Waals surface area contributed by atoms with Crippen LogP contribution in [0, 0.1) is 15.5 Å². The van der Waals surface area contributed by atoms with E-state index in [1.807, 2.05) is 51.1 Å². The van der Waals surface area contributed by atoms with Crippen LogP contribution in [0.5, 0.6) is 5.75 Å². The number of nitro benzene ring substituents is 1. The number of carbonyl (C=O) groups excluding carboxylic acids is 1. The number of nitro groups is 1. The molecule has 3 rings (SSSR count). The molecular formula is C24H30N2O6. The van der Waals surface area contributed by atoms with Gasteiger partial charge in [-0.05, 0) is 38.3 Å². The van der Waals surface area contributed by atoms with Crippen LogP contribution in [0.4, 0.5) is 10.5 Å². The molecule has 8 heteroatoms. The number of rotatable bonds is 5. The molecular weight excluding hydrogens is 412 g/mol. The number of fused-ring (bicyclic) bond motifs is 1. The van der Waals surface area contributed by atoms with E-state index >= 15 is 0 Å². The summed E-state index contributed by atoms with van der Waals surface area (Å²) in [7, 11) is 0. The quantitative estimate of drug-likeness (QED) is 0.520. The minimum atomic E-state index is -1.73. The van der Waals surface area contributed by atoms with Crippen molar-refractivity contribution in [3.63, 3.8) is 0 Å². The third-order valence-electron chi connectivity index (χ3n) is 6.43. The maximum atomic E-state index is 12.4. The Kier molecular flexibility index (Phi) is 5.72. The highest BCUT2D eigenvalue weighted by Crippen LogP contribution is 2.61. The zero-order valence-corrected chi connectivity index (χ0v) is 19.0. The van der Waals surface area contributed by atoms with Gasteiger partial charge in [-0.15, -0.1) is 0 Å². The van der Waals surface area contributed by atoms with Crippen LogP contribution in [0.15, 0.2) is 48.5 Å². The van der Waals surface area contributed by atoms with Gasteiger partial charge in [-0.25, -0.2) is 4.79 Å². The van der Waals surface area contributed by atoms with E-state index in [4.69, 9.17) is 15.2 Å². The summed E-state index contributed by atoms with van der Waals surface area (Å²) in [5.41, 5.74) is 1.17. The van der Waals surface area contributed by atoms with Crippen LogP contribution >= 0.6 is 0 Å². The Morgan fingerprint density at radius 2 is 1.81 bits per heavy atom. The van der Waals surface area contributed by atoms with Crippen molar-refractivity contribution in [2.24, 2.45) is 11.1 Å². The second-order valence-electron chi connectivity index (χ2n) is 9.75. The van der Waals surface area contributed by atoms with Crippen LogP contribution < -0.4 is 10.5 Å². The Hall–Kier alpha value is -3.13. The van der Waals surface area contributed by atoms with E-state index in [1.54, 1.807) is 13.8 Å². The number of hydrogen-bond acceptors (Lipinski definition) is 6. The molecule has 0 bridgehead atoms. The lowest BCUT2D eigenvalue weighted by molar-refractivity contribution is -0.385. The van der Waals surface area contributed by atoms with Crippen molar-refractivity contribution < 1.29 is 24.3 Å². The van der Waals surface area contributed by atoms with Gasteiger partial charge in [-0.2, -0.15) is 0 Å². The number of aryl methyl sites for hydroxylation is 1. The SMILES string of the molecule is CC1(C)Oc2cc([N+](=O)[O-])ccc2[C@@](OC(N)=O)(C(C)(C)C)[C@@]1(O)CCc1ccccc1. The third kappa shape index (κ3) is 3.58. The van der Waals surface area contributed by atoms with E-state index in [0.29, 0.717) is 12.0 Å². The van der Waals surface area contributed by atoms with Gasteiger partial charge in [0.25, 0.3) is 5.69 Å². The maximum Gasteiger partial charge on any atom is 0.405 e. The molecule has 0 aliphatic carbocycles. The second-order valence-corrected chi connectivity index (χ2v) is 9.75. The molecule has 2 atom stereocenters. The number of ether oxygens (including phenoxy) is 2. The zero-order valence-electron chi connectivity index (χ0n) is 19.0. The summed E-state index contributed by atoms with van der Waals surface area (Å²) in [4.78, 5) is 23.1. The van der Waals surface area contributed by atoms with E-state index in [-0.39, 0.29) is 17.9 Å². The molecule has 0 fully saturated rings. The molecule has 1 aliphatic heterocycles. The summed E-state index contributed by atoms with van der Waals surface area (Å²) in [5.74, 6) is 0.171. The maximum absolute atomic E-state index is 12.4. The van der Waals surface area contributed by atoms with Crippen LogP contribution in [0.2, 0.25) is 0 Å². The standard InChI is InChI=1S/C24H30N2O6/c1-21(2,3)24(32-20(25)27)18-12-11-17(26(29)30)15-19(18)31-22(4,5)23(24,28)14-13-16-9-7-6-8-10-16/h6-12,15,28H,13-14H2,1-5H3,(H2,25,27)/t23-,24-/m1/s1. The summed E-state index contributed by atoms with van der Waals surface area (Å²) in [6.45, 7) is 8.86. The molecule has 2 aromatic carbocycles. The first-order chi connectivity index (χ1) is 14.7. The van der Waals surface area contributed by atoms with Crippen molar-refractivity contribution >= 4 is 11.8 Å². The molecule has 2 aromatic rings. The van der Waals surface area contributed by atoms with Crippen LogP contribution in [0.1, 0.15) is 52.2 Å². The Bertz CT molecular complexity index is 1030. The summed E-state index contributed by atoms with van der Waals surface area (Å²) in [5, 5.41) is 23.8. The van der Waals surface area contributed by atoms with Crippen LogP contribution in [0.25, 0.3) is 0 Å². The Balaban J connectivity index is 2.29. The number of nitrogens with zero attached hydrogens (tertiary/aromatic N) is 1. The number of hydrogen-bond donors (Lipinski definition) is 2. The van der Waals surface area contributed by atoms with Gasteiger partial charge in [-0.3, -0.25) is 10.1 Å². The molecule has 1 heterocycles. The molecule has 32 heavy (non-hydrogen) atoms. The zero-order chi connectivity index (χ0) is 23.9. The molecule has 0 aromatic heterocycles. The molecule has 1 aliphatic rings. The van der Waals surface area contributed by atoms with Crippen molar-refractivity contribution in [2.45, 2.75) is 64.3 Å². The van der Waals surface area contributed by atoms with E-state index in [0.717, 1.165) is 5.56 Å². The number of benzene rings is 2. The molecule has 0 radical (unpaired) electrons. The Morgan fingerprint density at radius 1 is 1.19 bits per heavy atom. The van der Waals surface area contributed by atoms with E-state index in [9.17, 15) is 20.0 Å². The highest BCUT2D eigenvalue weighted by Gasteiger charge is 2.71. The Morgan fingerprint density at radius 3 is 2.34 bits per heavy atom. The van der Waals surface area contributed by atoms with E-state index < -0.39 is 33.2 Å². The lowest BCUT2D eigenvalue weighted by atomic mass is 9.55. The van der Waals surface area contributed by atoms with Gasteiger partial charge in [0.05, 0.1) is 11.0 Å². The van der Waals surface area contributed by atoms with Crippen molar-refractivity contribution in [3.05, 3.63) is 69.8 Å². The van der Waals surface area contributed by atoms with Crippen molar-refractivity contribution in [1.82, 2.24) is 0 Å². The average molecular weight is 443 g/mol. The molecule has 0 saturated carbocycles. The van der Waals surface area contributed by atoms with Gasteiger partial charge < -0.3 is 20.3 Å². The number of aliphatic hydroxyl groups is 1. The van der Waals surface area contributed by atoms with Crippen molar-refractivity contribution in [3.8, 4) is 5.75 Å². The monoisotopic (exact) mass is 442 g/mol. The second kappa shape index (κ2) is 7.78. The third-order valence-corrected chi connectivity index (χ3v) is 6.43. The predicted molar refractivity (Wildman–Crippen MR) is 119 cm³/mol. The molecule has 3 N–H and O–H groups in total. The summed E-state index contributed by atoms with van der Waals surface area (Å²) >= 11 is 0. The average Bonchev–Trinajstić information content (AvgIpc) is 2.69. The van der Waals surface area contributed by atoms with Crippen LogP contribution in [0.3, 0.4) is 0 Å². The fraction of sp³-hybridized carbons (Fsp3) is 0.458. The Labute approximate surface area is 187 Å². The number of primary amides is 1. The minimum Gasteiger partial charge on any atom is -0.484 e. The van der Waals surface area contributed by atoms with Gasteiger partial charge in [0.2, 0.25) is 0 Å². The first-order valence-electron chi connectivity index (χ1n) is 10.5. The molecule has 0 unspecified atom stereocenters. The normalized spacial score (nSPS) is 24.2. The smallest absolute Gasteiger partial charge is 0.405 e. The van der Waals surface area contributed by atoms with Gasteiger partial charge in [0.1, 0.15) is 17.0 Å². The van der Waals surface area contributed by atoms with Gasteiger partial charge in [0, 0.05) is 17.0 Å². The topological polar surface area (TPSA) is 125 Å². The number of nitrogens with two attached hydrogens (primary N) is 1. The van der Waals surface area contributed by atoms with Crippen molar-refractivity contribution in [2.75, 3.05) is 0 Å². The molecule has 0 spiro atoms. The van der Waals surface area contributed by atoms with Crippen molar-refractivity contribution in [1.29, 1.82) is 0 Å². The predicted octanol–water partition coefficient (Wildman–Crippen LogP) is 4.47. The highest BCUT2D eigenvalue weighted by atomic mass is 16.6. The highest BCUT2D eigenvalue weighted by molar-refractivity contribution is 5.67. The first kappa shape index (κ1) is 23.5. The van der Waals surface area contributed by atoms with Gasteiger partial charge in [-0.1, -0.05) is 51.1 Å². The number of carbonyl (C=O) groups is 1. The van der Waals surface area contributed by atoms with Crippen LogP contribution in [-0.4, -0.2) is 27.3 Å². The number of amides is 1. The molecule has 8 nitrogen and oxygen atoms in total. The lowest BCUT2D eigenvalue weighted by Gasteiger charge is -2.61. The fourth-order valence-corrected chi connectivity index (χ4v) is 4.92. The molecule has 0 saturated heterocycles. The molecule has 172 valence electrons. The summed E-state index contributed by atoms with van der Waals surface area (Å²) in [6.07, 6.45) is -0.391. The van der Waals surface area contributed by atoms with Gasteiger partial charge >= 0.3 is 6.09 Å². The largest absolute Gasteiger partial charge is 0.484 e. The van der Waals surface area contributed by atoms with Crippen LogP contribution in [-0.2, 0) is 16.8 Å². The lowest BCUT2D eigenvalue weighted by Crippen LogP contribution is -2.73. The summed E-state index contributed by atoms with van der Waals surface area (Å²) < 4.78 is 12.0. The van der Waals surface area contributed by atoms with E-state index in [1.165, 1.54) is 18.2 Å². The minimum absolute atomic E-state index is 0.170. The number of non-ortho nitro benzene ring substituents is 1. The fourth-order valence-electron chi connectivity index (χ4n) is 4.92.